The average molecular weight is 569 g/mol. The predicted octanol–water partition coefficient (Wildman–Crippen LogP) is 3.22. The normalized spacial score (nSPS) is 18.7. The molecule has 1 unspecified atom stereocenters. The first-order chi connectivity index (χ1) is 15.8. The van der Waals surface area contributed by atoms with Crippen molar-refractivity contribution in [3.05, 3.63) is 47.9 Å². The number of aliphatic imine (C=N–C) groups is 1. The number of para-hydroxylation sites is 1. The van der Waals surface area contributed by atoms with Gasteiger partial charge < -0.3 is 19.5 Å². The zero-order valence-electron chi connectivity index (χ0n) is 19.8. The van der Waals surface area contributed by atoms with Gasteiger partial charge in [-0.3, -0.25) is 14.8 Å². The highest BCUT2D eigenvalue weighted by atomic mass is 127. The van der Waals surface area contributed by atoms with Gasteiger partial charge in [0.1, 0.15) is 12.0 Å². The van der Waals surface area contributed by atoms with Gasteiger partial charge in [-0.05, 0) is 38.9 Å². The van der Waals surface area contributed by atoms with Crippen LogP contribution in [-0.2, 0) is 6.54 Å². The van der Waals surface area contributed by atoms with Crippen LogP contribution in [0.1, 0.15) is 37.1 Å². The molecule has 3 heterocycles. The maximum atomic E-state index is 5.69. The number of hydrogen-bond acceptors (Lipinski definition) is 6. The van der Waals surface area contributed by atoms with Crippen molar-refractivity contribution in [3.8, 4) is 5.75 Å². The van der Waals surface area contributed by atoms with Crippen LogP contribution in [0.25, 0.3) is 0 Å². The van der Waals surface area contributed by atoms with Gasteiger partial charge in [-0.25, -0.2) is 0 Å². The third-order valence-corrected chi connectivity index (χ3v) is 6.38. The van der Waals surface area contributed by atoms with Gasteiger partial charge in [0.15, 0.2) is 5.96 Å². The summed E-state index contributed by atoms with van der Waals surface area (Å²) in [6, 6.07) is 10.6. The van der Waals surface area contributed by atoms with E-state index in [0.717, 1.165) is 76.3 Å². The summed E-state index contributed by atoms with van der Waals surface area (Å²) in [5.74, 6) is 1.96. The molecule has 2 aliphatic rings. The lowest BCUT2D eigenvalue weighted by Crippen LogP contribution is -2.52. The SMILES string of the molecule is CCNC(=NCC(c1ccccc1OC)N1CCCC1)N1CCN(Cc2ccon2)CC1.I. The Bertz CT molecular complexity index is 848. The monoisotopic (exact) mass is 568 g/mol. The summed E-state index contributed by atoms with van der Waals surface area (Å²) < 4.78 is 10.7. The van der Waals surface area contributed by atoms with Crippen LogP contribution in [0.5, 0.6) is 5.75 Å². The maximum absolute atomic E-state index is 5.69. The summed E-state index contributed by atoms with van der Waals surface area (Å²) in [5.41, 5.74) is 2.22. The number of hydrogen-bond donors (Lipinski definition) is 1. The van der Waals surface area contributed by atoms with Gasteiger partial charge in [-0.2, -0.15) is 0 Å². The molecule has 9 heteroatoms. The van der Waals surface area contributed by atoms with Crippen LogP contribution in [0.4, 0.5) is 0 Å². The number of nitrogens with one attached hydrogen (secondary N) is 1. The van der Waals surface area contributed by atoms with E-state index in [1.807, 2.05) is 12.1 Å². The summed E-state index contributed by atoms with van der Waals surface area (Å²) in [6.07, 6.45) is 4.14. The molecule has 0 aliphatic carbocycles. The third-order valence-electron chi connectivity index (χ3n) is 6.38. The van der Waals surface area contributed by atoms with Crippen molar-refractivity contribution in [2.45, 2.75) is 32.4 Å². The molecule has 1 N–H and O–H groups in total. The lowest BCUT2D eigenvalue weighted by molar-refractivity contribution is 0.168. The largest absolute Gasteiger partial charge is 0.496 e. The fraction of sp³-hybridized carbons (Fsp3) is 0.583. The molecular formula is C24H37IN6O2. The molecule has 0 bridgehead atoms. The topological polar surface area (TPSA) is 69.4 Å². The number of rotatable bonds is 8. The second-order valence-corrected chi connectivity index (χ2v) is 8.45. The van der Waals surface area contributed by atoms with Crippen LogP contribution < -0.4 is 10.1 Å². The highest BCUT2D eigenvalue weighted by Crippen LogP contribution is 2.32. The Morgan fingerprint density at radius 3 is 2.55 bits per heavy atom. The number of halogens is 1. The zero-order valence-corrected chi connectivity index (χ0v) is 22.1. The number of ether oxygens (including phenoxy) is 1. The molecule has 1 aromatic heterocycles. The van der Waals surface area contributed by atoms with Crippen LogP contribution in [0, 0.1) is 0 Å². The van der Waals surface area contributed by atoms with E-state index >= 15 is 0 Å². The molecule has 182 valence electrons. The fourth-order valence-corrected chi connectivity index (χ4v) is 4.67. The first kappa shape index (κ1) is 25.8. The molecule has 2 saturated heterocycles. The summed E-state index contributed by atoms with van der Waals surface area (Å²) in [6.45, 7) is 10.7. The molecule has 2 aliphatic heterocycles. The second kappa shape index (κ2) is 13.1. The molecule has 1 atom stereocenters. The molecule has 1 aromatic carbocycles. The summed E-state index contributed by atoms with van der Waals surface area (Å²) in [7, 11) is 1.76. The minimum atomic E-state index is 0. The Morgan fingerprint density at radius 2 is 1.88 bits per heavy atom. The first-order valence-electron chi connectivity index (χ1n) is 11.8. The van der Waals surface area contributed by atoms with Crippen molar-refractivity contribution in [2.75, 3.05) is 59.5 Å². The summed E-state index contributed by atoms with van der Waals surface area (Å²) in [5, 5.41) is 7.56. The van der Waals surface area contributed by atoms with Crippen molar-refractivity contribution in [3.63, 3.8) is 0 Å². The Kier molecular flexibility index (Phi) is 10.3. The number of guanidine groups is 1. The second-order valence-electron chi connectivity index (χ2n) is 8.45. The molecule has 2 fully saturated rings. The van der Waals surface area contributed by atoms with Crippen molar-refractivity contribution >= 4 is 29.9 Å². The van der Waals surface area contributed by atoms with Gasteiger partial charge in [0.05, 0.1) is 25.4 Å². The third kappa shape index (κ3) is 6.83. The van der Waals surface area contributed by atoms with E-state index in [0.29, 0.717) is 0 Å². The molecule has 0 amide bonds. The predicted molar refractivity (Wildman–Crippen MR) is 141 cm³/mol. The van der Waals surface area contributed by atoms with Crippen molar-refractivity contribution in [2.24, 2.45) is 4.99 Å². The Morgan fingerprint density at radius 1 is 1.12 bits per heavy atom. The minimum absolute atomic E-state index is 0. The zero-order chi connectivity index (χ0) is 22.2. The lowest BCUT2D eigenvalue weighted by Gasteiger charge is -2.36. The maximum Gasteiger partial charge on any atom is 0.194 e. The number of aromatic nitrogens is 1. The van der Waals surface area contributed by atoms with Gasteiger partial charge >= 0.3 is 0 Å². The Labute approximate surface area is 214 Å². The number of benzene rings is 1. The molecule has 0 spiro atoms. The highest BCUT2D eigenvalue weighted by Gasteiger charge is 2.27. The minimum Gasteiger partial charge on any atom is -0.496 e. The van der Waals surface area contributed by atoms with Crippen LogP contribution in [-0.4, -0.2) is 85.3 Å². The first-order valence-corrected chi connectivity index (χ1v) is 11.8. The van der Waals surface area contributed by atoms with E-state index in [1.54, 1.807) is 13.4 Å². The van der Waals surface area contributed by atoms with E-state index in [4.69, 9.17) is 14.3 Å². The molecule has 33 heavy (non-hydrogen) atoms. The van der Waals surface area contributed by atoms with Gasteiger partial charge in [0, 0.05) is 50.9 Å². The molecule has 4 rings (SSSR count). The lowest BCUT2D eigenvalue weighted by atomic mass is 10.0. The van der Waals surface area contributed by atoms with Gasteiger partial charge in [-0.15, -0.1) is 24.0 Å². The van der Waals surface area contributed by atoms with Crippen LogP contribution in [0.2, 0.25) is 0 Å². The highest BCUT2D eigenvalue weighted by molar-refractivity contribution is 14.0. The molecular weight excluding hydrogens is 531 g/mol. The van der Waals surface area contributed by atoms with Crippen molar-refractivity contribution < 1.29 is 9.26 Å². The van der Waals surface area contributed by atoms with E-state index in [-0.39, 0.29) is 30.0 Å². The van der Waals surface area contributed by atoms with Crippen molar-refractivity contribution in [1.82, 2.24) is 25.2 Å². The number of likely N-dealkylation sites (tertiary alicyclic amines) is 1. The van der Waals surface area contributed by atoms with Gasteiger partial charge in [0.2, 0.25) is 0 Å². The van der Waals surface area contributed by atoms with Crippen LogP contribution >= 0.6 is 24.0 Å². The Hall–Kier alpha value is -1.85. The molecule has 0 saturated carbocycles. The van der Waals surface area contributed by atoms with E-state index < -0.39 is 0 Å². The van der Waals surface area contributed by atoms with E-state index in [2.05, 4.69) is 50.3 Å². The van der Waals surface area contributed by atoms with E-state index in [9.17, 15) is 0 Å². The Balaban J connectivity index is 0.00000306. The molecule has 0 radical (unpaired) electrons. The summed E-state index contributed by atoms with van der Waals surface area (Å²) in [4.78, 5) is 12.5. The van der Waals surface area contributed by atoms with Gasteiger partial charge in [0.25, 0.3) is 0 Å². The number of piperazine rings is 1. The summed E-state index contributed by atoms with van der Waals surface area (Å²) >= 11 is 0. The smallest absolute Gasteiger partial charge is 0.194 e. The number of methoxy groups -OCH3 is 1. The van der Waals surface area contributed by atoms with Crippen LogP contribution in [0.3, 0.4) is 0 Å². The van der Waals surface area contributed by atoms with Gasteiger partial charge in [-0.1, -0.05) is 23.4 Å². The quantitative estimate of drug-likeness (QED) is 0.298. The molecule has 2 aromatic rings. The number of nitrogens with zero attached hydrogens (tertiary/aromatic N) is 5. The van der Waals surface area contributed by atoms with E-state index in [1.165, 1.54) is 18.4 Å². The van der Waals surface area contributed by atoms with Crippen LogP contribution in [0.15, 0.2) is 46.1 Å². The van der Waals surface area contributed by atoms with Crippen molar-refractivity contribution in [1.29, 1.82) is 0 Å². The average Bonchev–Trinajstić information content (AvgIpc) is 3.54. The standard InChI is InChI=1S/C24H36N6O2.HI/c1-3-25-24(30-15-13-28(14-16-30)19-20-10-17-32-27-20)26-18-22(29-11-6-7-12-29)21-8-4-5-9-23(21)31-2;/h4-5,8-10,17,22H,3,6-7,11-16,18-19H2,1-2H3,(H,25,26);1H. The fourth-order valence-electron chi connectivity index (χ4n) is 4.67. The molecule has 8 nitrogen and oxygen atoms in total.